The summed E-state index contributed by atoms with van der Waals surface area (Å²) in [5, 5.41) is 8.73. The molecule has 5 nitrogen and oxygen atoms in total. The molecular weight excluding hydrogens is 264 g/mol. The third-order valence-corrected chi connectivity index (χ3v) is 3.73. The molecule has 0 aromatic heterocycles. The zero-order chi connectivity index (χ0) is 14.3. The van der Waals surface area contributed by atoms with Gasteiger partial charge in [-0.2, -0.15) is 5.26 Å². The Labute approximate surface area is 114 Å². The second-order valence-electron chi connectivity index (χ2n) is 4.04. The summed E-state index contributed by atoms with van der Waals surface area (Å²) in [5.74, 6) is 0. The molecule has 1 rings (SSSR count). The second-order valence-corrected chi connectivity index (χ2v) is 5.95. The first kappa shape index (κ1) is 15.5. The predicted octanol–water partition coefficient (Wildman–Crippen LogP) is 1.75. The van der Waals surface area contributed by atoms with Crippen molar-refractivity contribution in [2.45, 2.75) is 13.3 Å². The topological polar surface area (TPSA) is 70.4 Å². The highest BCUT2D eigenvalue weighted by Crippen LogP contribution is 2.18. The van der Waals surface area contributed by atoms with E-state index in [2.05, 4.69) is 0 Å². The Balaban J connectivity index is 2.82. The largest absolute Gasteiger partial charge is 0.382 e. The summed E-state index contributed by atoms with van der Waals surface area (Å²) in [6.07, 6.45) is 1.80. The first-order valence-corrected chi connectivity index (χ1v) is 7.89. The van der Waals surface area contributed by atoms with Gasteiger partial charge in [-0.3, -0.25) is 4.31 Å². The zero-order valence-electron chi connectivity index (χ0n) is 11.2. The highest BCUT2D eigenvalue weighted by atomic mass is 32.2. The van der Waals surface area contributed by atoms with Crippen LogP contribution in [0.15, 0.2) is 24.3 Å². The molecule has 0 aliphatic heterocycles. The van der Waals surface area contributed by atoms with Crippen molar-refractivity contribution in [1.82, 2.24) is 0 Å². The number of ether oxygens (including phenoxy) is 1. The van der Waals surface area contributed by atoms with Crippen molar-refractivity contribution in [3.05, 3.63) is 29.8 Å². The van der Waals surface area contributed by atoms with Crippen LogP contribution in [0.1, 0.15) is 18.9 Å². The van der Waals surface area contributed by atoms with Crippen LogP contribution in [0, 0.1) is 11.3 Å². The van der Waals surface area contributed by atoms with E-state index < -0.39 is 10.0 Å². The van der Waals surface area contributed by atoms with E-state index in [4.69, 9.17) is 10.00 Å². The van der Waals surface area contributed by atoms with Crippen molar-refractivity contribution in [1.29, 1.82) is 5.26 Å². The van der Waals surface area contributed by atoms with E-state index >= 15 is 0 Å². The highest BCUT2D eigenvalue weighted by molar-refractivity contribution is 7.92. The van der Waals surface area contributed by atoms with Gasteiger partial charge in [-0.25, -0.2) is 8.42 Å². The van der Waals surface area contributed by atoms with Crippen LogP contribution in [0.2, 0.25) is 0 Å². The third kappa shape index (κ3) is 4.89. The summed E-state index contributed by atoms with van der Waals surface area (Å²) in [6, 6.07) is 8.50. The van der Waals surface area contributed by atoms with E-state index in [0.29, 0.717) is 37.4 Å². The molecule has 0 saturated heterocycles. The molecule has 0 aliphatic carbocycles. The summed E-state index contributed by atoms with van der Waals surface area (Å²) in [4.78, 5) is 0. The van der Waals surface area contributed by atoms with E-state index in [9.17, 15) is 8.42 Å². The Morgan fingerprint density at radius 1 is 1.32 bits per heavy atom. The number of hydrogen-bond acceptors (Lipinski definition) is 4. The summed E-state index contributed by atoms with van der Waals surface area (Å²) >= 11 is 0. The maximum absolute atomic E-state index is 11.8. The number of benzene rings is 1. The SMILES string of the molecule is CCOCCCN(c1ccc(C#N)cc1)S(C)(=O)=O. The zero-order valence-corrected chi connectivity index (χ0v) is 12.0. The molecule has 1 aromatic rings. The molecule has 0 heterocycles. The van der Waals surface area contributed by atoms with Crippen molar-refractivity contribution in [2.75, 3.05) is 30.3 Å². The number of nitriles is 1. The van der Waals surface area contributed by atoms with Gasteiger partial charge in [0, 0.05) is 19.8 Å². The molecule has 0 saturated carbocycles. The lowest BCUT2D eigenvalue weighted by molar-refractivity contribution is 0.146. The fourth-order valence-corrected chi connectivity index (χ4v) is 2.61. The summed E-state index contributed by atoms with van der Waals surface area (Å²) in [6.45, 7) is 3.41. The molecule has 0 fully saturated rings. The van der Waals surface area contributed by atoms with E-state index in [1.807, 2.05) is 13.0 Å². The van der Waals surface area contributed by atoms with Crippen molar-refractivity contribution < 1.29 is 13.2 Å². The minimum atomic E-state index is -3.33. The fourth-order valence-electron chi connectivity index (χ4n) is 1.64. The average Bonchev–Trinajstić information content (AvgIpc) is 2.37. The van der Waals surface area contributed by atoms with E-state index in [-0.39, 0.29) is 0 Å². The average molecular weight is 282 g/mol. The van der Waals surface area contributed by atoms with Crippen LogP contribution in [0.3, 0.4) is 0 Å². The summed E-state index contributed by atoms with van der Waals surface area (Å²) < 4.78 is 30.1. The minimum Gasteiger partial charge on any atom is -0.382 e. The van der Waals surface area contributed by atoms with Crippen LogP contribution in [-0.2, 0) is 14.8 Å². The van der Waals surface area contributed by atoms with Gasteiger partial charge in [0.25, 0.3) is 0 Å². The van der Waals surface area contributed by atoms with Crippen LogP contribution >= 0.6 is 0 Å². The van der Waals surface area contributed by atoms with Crippen molar-refractivity contribution in [3.63, 3.8) is 0 Å². The molecule has 0 spiro atoms. The quantitative estimate of drug-likeness (QED) is 0.714. The van der Waals surface area contributed by atoms with Gasteiger partial charge in [0.1, 0.15) is 0 Å². The number of hydrogen-bond donors (Lipinski definition) is 0. The van der Waals surface area contributed by atoms with Gasteiger partial charge in [-0.1, -0.05) is 0 Å². The van der Waals surface area contributed by atoms with Crippen molar-refractivity contribution in [3.8, 4) is 6.07 Å². The smallest absolute Gasteiger partial charge is 0.232 e. The first-order chi connectivity index (χ1) is 8.99. The monoisotopic (exact) mass is 282 g/mol. The molecule has 0 bridgehead atoms. The van der Waals surface area contributed by atoms with Gasteiger partial charge >= 0.3 is 0 Å². The molecule has 19 heavy (non-hydrogen) atoms. The Morgan fingerprint density at radius 3 is 2.42 bits per heavy atom. The van der Waals surface area contributed by atoms with Crippen LogP contribution in [0.25, 0.3) is 0 Å². The number of anilines is 1. The Bertz CT molecular complexity index is 532. The number of rotatable bonds is 7. The first-order valence-electron chi connectivity index (χ1n) is 6.04. The minimum absolute atomic E-state index is 0.366. The number of nitrogens with zero attached hydrogens (tertiary/aromatic N) is 2. The lowest BCUT2D eigenvalue weighted by Gasteiger charge is -2.22. The van der Waals surface area contributed by atoms with Gasteiger partial charge < -0.3 is 4.74 Å². The molecule has 0 atom stereocenters. The predicted molar refractivity (Wildman–Crippen MR) is 74.5 cm³/mol. The standard InChI is InChI=1S/C13H18N2O3S/c1-3-18-10-4-9-15(19(2,16)17)13-7-5-12(11-14)6-8-13/h5-8H,3-4,9-10H2,1-2H3. The van der Waals surface area contributed by atoms with Crippen molar-refractivity contribution in [2.24, 2.45) is 0 Å². The van der Waals surface area contributed by atoms with E-state index in [0.717, 1.165) is 0 Å². The Morgan fingerprint density at radius 2 is 1.95 bits per heavy atom. The molecule has 1 aromatic carbocycles. The molecule has 104 valence electrons. The van der Waals surface area contributed by atoms with Crippen LogP contribution in [0.5, 0.6) is 0 Å². The van der Waals surface area contributed by atoms with Crippen molar-refractivity contribution >= 4 is 15.7 Å². The Hall–Kier alpha value is -1.58. The molecular formula is C13H18N2O3S. The van der Waals surface area contributed by atoms with Gasteiger partial charge in [0.05, 0.1) is 23.6 Å². The molecule has 0 amide bonds. The molecule has 0 N–H and O–H groups in total. The van der Waals surface area contributed by atoms with Gasteiger partial charge in [-0.15, -0.1) is 0 Å². The van der Waals surface area contributed by atoms with Crippen LogP contribution in [0.4, 0.5) is 5.69 Å². The number of sulfonamides is 1. The van der Waals surface area contributed by atoms with E-state index in [1.165, 1.54) is 10.6 Å². The molecule has 0 unspecified atom stereocenters. The maximum atomic E-state index is 11.8. The Kier molecular flexibility index (Phi) is 5.80. The summed E-state index contributed by atoms with van der Waals surface area (Å²) in [7, 11) is -3.33. The molecule has 0 aliphatic rings. The third-order valence-electron chi connectivity index (χ3n) is 2.54. The lowest BCUT2D eigenvalue weighted by Crippen LogP contribution is -2.31. The molecule has 0 radical (unpaired) electrons. The van der Waals surface area contributed by atoms with Crippen LogP contribution < -0.4 is 4.31 Å². The molecule has 6 heteroatoms. The fraction of sp³-hybridized carbons (Fsp3) is 0.462. The van der Waals surface area contributed by atoms with Gasteiger partial charge in [0.15, 0.2) is 0 Å². The summed E-state index contributed by atoms with van der Waals surface area (Å²) in [5.41, 5.74) is 1.07. The van der Waals surface area contributed by atoms with Crippen LogP contribution in [-0.4, -0.2) is 34.4 Å². The lowest BCUT2D eigenvalue weighted by atomic mass is 10.2. The maximum Gasteiger partial charge on any atom is 0.232 e. The van der Waals surface area contributed by atoms with E-state index in [1.54, 1.807) is 24.3 Å². The van der Waals surface area contributed by atoms with Gasteiger partial charge in [0.2, 0.25) is 10.0 Å². The highest BCUT2D eigenvalue weighted by Gasteiger charge is 2.16. The van der Waals surface area contributed by atoms with Gasteiger partial charge in [-0.05, 0) is 37.6 Å². The second kappa shape index (κ2) is 7.12. The normalized spacial score (nSPS) is 11.0.